The second-order valence-corrected chi connectivity index (χ2v) is 9.38. The Kier molecular flexibility index (Phi) is 5.90. The maximum Gasteiger partial charge on any atom is 0.214 e. The number of pyridine rings is 1. The molecular formula is C22H27F3N4S. The second-order valence-electron chi connectivity index (χ2n) is 8.56. The van der Waals surface area contributed by atoms with Crippen LogP contribution in [0, 0.1) is 24.5 Å². The molecule has 1 aliphatic carbocycles. The molecular weight excluding hydrogens is 409 g/mol. The van der Waals surface area contributed by atoms with Crippen molar-refractivity contribution in [3.63, 3.8) is 0 Å². The van der Waals surface area contributed by atoms with Crippen LogP contribution in [0.2, 0.25) is 0 Å². The van der Waals surface area contributed by atoms with Crippen LogP contribution < -0.4 is 9.62 Å². The molecule has 4 nitrogen and oxygen atoms in total. The van der Waals surface area contributed by atoms with Gasteiger partial charge in [-0.1, -0.05) is 12.5 Å². The van der Waals surface area contributed by atoms with Gasteiger partial charge in [0, 0.05) is 35.9 Å². The molecule has 0 bridgehead atoms. The molecule has 2 fully saturated rings. The summed E-state index contributed by atoms with van der Waals surface area (Å²) in [6.45, 7) is 5.44. The van der Waals surface area contributed by atoms with Crippen molar-refractivity contribution in [2.24, 2.45) is 0 Å². The third-order valence-corrected chi connectivity index (χ3v) is 7.52. The van der Waals surface area contributed by atoms with E-state index in [1.807, 2.05) is 0 Å². The van der Waals surface area contributed by atoms with Crippen LogP contribution in [0.15, 0.2) is 29.2 Å². The van der Waals surface area contributed by atoms with Gasteiger partial charge in [-0.25, -0.2) is 13.8 Å². The highest BCUT2D eigenvalue weighted by molar-refractivity contribution is 8.00. The zero-order valence-corrected chi connectivity index (χ0v) is 18.3. The SMILES string of the molecule is Cc1c(N2CCC(C)(N(C)C3CCC3)C2)cc(F)c(SNc2cccc(F)n2)c1F. The van der Waals surface area contributed by atoms with Crippen molar-refractivity contribution in [2.75, 3.05) is 29.8 Å². The Hall–Kier alpha value is -1.93. The molecule has 4 rings (SSSR count). The highest BCUT2D eigenvalue weighted by Crippen LogP contribution is 2.39. The Labute approximate surface area is 180 Å². The number of halogens is 3. The van der Waals surface area contributed by atoms with Crippen molar-refractivity contribution < 1.29 is 13.2 Å². The minimum atomic E-state index is -0.656. The molecule has 1 saturated carbocycles. The van der Waals surface area contributed by atoms with Gasteiger partial charge in [0.05, 0.1) is 0 Å². The van der Waals surface area contributed by atoms with Gasteiger partial charge in [-0.3, -0.25) is 4.90 Å². The lowest BCUT2D eigenvalue weighted by atomic mass is 9.87. The molecule has 0 radical (unpaired) electrons. The molecule has 30 heavy (non-hydrogen) atoms. The highest BCUT2D eigenvalue weighted by atomic mass is 32.2. The molecule has 1 N–H and O–H groups in total. The van der Waals surface area contributed by atoms with Crippen LogP contribution in [0.25, 0.3) is 0 Å². The minimum absolute atomic E-state index is 0.00249. The number of nitrogens with zero attached hydrogens (tertiary/aromatic N) is 3. The summed E-state index contributed by atoms with van der Waals surface area (Å²) in [5.74, 6) is -1.69. The standard InChI is InChI=1S/C22H27F3N4S/c1-14-17(29-11-10-22(2,13-29)28(3)15-6-4-7-15)12-16(23)21(20(14)25)30-27-19-9-5-8-18(24)26-19/h5,8-9,12,15H,4,6-7,10-11,13H2,1-3H3,(H,26,27). The van der Waals surface area contributed by atoms with Gasteiger partial charge in [-0.2, -0.15) is 4.39 Å². The van der Waals surface area contributed by atoms with E-state index < -0.39 is 17.6 Å². The Morgan fingerprint density at radius 3 is 2.70 bits per heavy atom. The average Bonchev–Trinajstić information content (AvgIpc) is 3.06. The van der Waals surface area contributed by atoms with Gasteiger partial charge in [0.2, 0.25) is 5.95 Å². The van der Waals surface area contributed by atoms with Crippen molar-refractivity contribution in [3.8, 4) is 0 Å². The molecule has 162 valence electrons. The number of benzene rings is 1. The predicted octanol–water partition coefficient (Wildman–Crippen LogP) is 5.38. The Balaban J connectivity index is 1.51. The maximum absolute atomic E-state index is 15.1. The maximum atomic E-state index is 15.1. The van der Waals surface area contributed by atoms with Gasteiger partial charge < -0.3 is 9.62 Å². The first kappa shape index (κ1) is 21.3. The number of nitrogens with one attached hydrogen (secondary N) is 1. The number of likely N-dealkylation sites (N-methyl/N-ethyl adjacent to an activating group) is 1. The van der Waals surface area contributed by atoms with Crippen LogP contribution in [0.5, 0.6) is 0 Å². The van der Waals surface area contributed by atoms with Crippen LogP contribution in [-0.2, 0) is 0 Å². The highest BCUT2D eigenvalue weighted by Gasteiger charge is 2.42. The Morgan fingerprint density at radius 1 is 1.27 bits per heavy atom. The fourth-order valence-electron chi connectivity index (χ4n) is 4.33. The van der Waals surface area contributed by atoms with E-state index in [0.717, 1.165) is 31.5 Å². The molecule has 2 aromatic rings. The van der Waals surface area contributed by atoms with E-state index in [0.29, 0.717) is 17.3 Å². The monoisotopic (exact) mass is 436 g/mol. The van der Waals surface area contributed by atoms with Crippen molar-refractivity contribution in [1.82, 2.24) is 9.88 Å². The van der Waals surface area contributed by atoms with E-state index in [2.05, 4.69) is 33.5 Å². The van der Waals surface area contributed by atoms with Crippen molar-refractivity contribution in [2.45, 2.75) is 56.0 Å². The minimum Gasteiger partial charge on any atom is -0.369 e. The Bertz CT molecular complexity index is 937. The van der Waals surface area contributed by atoms with Crippen molar-refractivity contribution in [3.05, 3.63) is 47.4 Å². The molecule has 0 amide bonds. The second kappa shape index (κ2) is 8.30. The van der Waals surface area contributed by atoms with Crippen LogP contribution in [0.4, 0.5) is 24.7 Å². The number of rotatable bonds is 6. The normalized spacial score (nSPS) is 21.9. The molecule has 1 aromatic carbocycles. The van der Waals surface area contributed by atoms with E-state index >= 15 is 4.39 Å². The number of anilines is 2. The molecule has 1 unspecified atom stereocenters. The van der Waals surface area contributed by atoms with Crippen molar-refractivity contribution >= 4 is 23.5 Å². The quantitative estimate of drug-likeness (QED) is 0.485. The zero-order chi connectivity index (χ0) is 21.5. The summed E-state index contributed by atoms with van der Waals surface area (Å²) in [7, 11) is 2.17. The summed E-state index contributed by atoms with van der Waals surface area (Å²) in [5.41, 5.74) is 1.02. The first-order chi connectivity index (χ1) is 14.3. The molecule has 0 spiro atoms. The van der Waals surface area contributed by atoms with Gasteiger partial charge >= 0.3 is 0 Å². The Morgan fingerprint density at radius 2 is 2.03 bits per heavy atom. The number of hydrogen-bond donors (Lipinski definition) is 1. The van der Waals surface area contributed by atoms with Crippen LogP contribution >= 0.6 is 11.9 Å². The van der Waals surface area contributed by atoms with E-state index in [9.17, 15) is 8.78 Å². The molecule has 2 heterocycles. The van der Waals surface area contributed by atoms with Crippen LogP contribution in [0.3, 0.4) is 0 Å². The summed E-state index contributed by atoms with van der Waals surface area (Å²) in [5, 5.41) is 0. The number of aromatic nitrogens is 1. The van der Waals surface area contributed by atoms with Crippen molar-refractivity contribution in [1.29, 1.82) is 0 Å². The van der Waals surface area contributed by atoms with Gasteiger partial charge in [0.15, 0.2) is 0 Å². The summed E-state index contributed by atoms with van der Waals surface area (Å²) >= 11 is 0.764. The molecule has 2 aliphatic rings. The predicted molar refractivity (Wildman–Crippen MR) is 115 cm³/mol. The molecule has 8 heteroatoms. The van der Waals surface area contributed by atoms with Gasteiger partial charge in [0.1, 0.15) is 22.3 Å². The molecule has 1 saturated heterocycles. The van der Waals surface area contributed by atoms with Gasteiger partial charge in [-0.15, -0.1) is 0 Å². The van der Waals surface area contributed by atoms with Gasteiger partial charge in [0.25, 0.3) is 0 Å². The van der Waals surface area contributed by atoms with Crippen LogP contribution in [0.1, 0.15) is 38.2 Å². The molecule has 1 atom stereocenters. The first-order valence-electron chi connectivity index (χ1n) is 10.3. The lowest BCUT2D eigenvalue weighted by molar-refractivity contribution is 0.0584. The summed E-state index contributed by atoms with van der Waals surface area (Å²) in [4.78, 5) is 8.06. The van der Waals surface area contributed by atoms with E-state index in [-0.39, 0.29) is 16.3 Å². The fraction of sp³-hybridized carbons (Fsp3) is 0.500. The zero-order valence-electron chi connectivity index (χ0n) is 17.5. The van der Waals surface area contributed by atoms with E-state index in [1.54, 1.807) is 6.92 Å². The number of hydrogen-bond acceptors (Lipinski definition) is 5. The third-order valence-electron chi connectivity index (χ3n) is 6.63. The first-order valence-corrected chi connectivity index (χ1v) is 11.1. The lowest BCUT2D eigenvalue weighted by Gasteiger charge is -2.45. The summed E-state index contributed by atoms with van der Waals surface area (Å²) in [6, 6.07) is 6.26. The fourth-order valence-corrected chi connectivity index (χ4v) is 5.04. The summed E-state index contributed by atoms with van der Waals surface area (Å²) in [6.07, 6.45) is 4.70. The smallest absolute Gasteiger partial charge is 0.214 e. The van der Waals surface area contributed by atoms with E-state index in [1.165, 1.54) is 43.5 Å². The summed E-state index contributed by atoms with van der Waals surface area (Å²) < 4.78 is 45.8. The van der Waals surface area contributed by atoms with E-state index in [4.69, 9.17) is 0 Å². The largest absolute Gasteiger partial charge is 0.369 e. The molecule has 1 aliphatic heterocycles. The third kappa shape index (κ3) is 3.99. The average molecular weight is 437 g/mol. The topological polar surface area (TPSA) is 31.4 Å². The van der Waals surface area contributed by atoms with Crippen LogP contribution in [-0.4, -0.2) is 41.6 Å². The lowest BCUT2D eigenvalue weighted by Crippen LogP contribution is -2.53. The van der Waals surface area contributed by atoms with Gasteiger partial charge in [-0.05, 0) is 70.3 Å². The molecule has 1 aromatic heterocycles.